The van der Waals surface area contributed by atoms with Crippen molar-refractivity contribution in [3.63, 3.8) is 0 Å². The third kappa shape index (κ3) is 5.52. The van der Waals surface area contributed by atoms with E-state index in [9.17, 15) is 9.59 Å². The van der Waals surface area contributed by atoms with Gasteiger partial charge in [-0.1, -0.05) is 29.8 Å². The minimum absolute atomic E-state index is 0.299. The van der Waals surface area contributed by atoms with Gasteiger partial charge in [0.25, 0.3) is 5.91 Å². The number of ether oxygens (including phenoxy) is 2. The second kappa shape index (κ2) is 9.32. The van der Waals surface area contributed by atoms with E-state index in [1.807, 2.05) is 19.1 Å². The van der Waals surface area contributed by atoms with E-state index in [4.69, 9.17) is 9.47 Å². The Morgan fingerprint density at radius 2 is 1.66 bits per heavy atom. The van der Waals surface area contributed by atoms with Crippen LogP contribution in [0.5, 0.6) is 11.5 Å². The molecule has 0 aliphatic heterocycles. The number of carbonyl (C=O) groups is 2. The van der Waals surface area contributed by atoms with Crippen LogP contribution >= 0.6 is 0 Å². The van der Waals surface area contributed by atoms with Crippen LogP contribution in [0.15, 0.2) is 77.9 Å². The van der Waals surface area contributed by atoms with Crippen molar-refractivity contribution >= 4 is 18.1 Å². The summed E-state index contributed by atoms with van der Waals surface area (Å²) < 4.78 is 10.5. The van der Waals surface area contributed by atoms with Crippen molar-refractivity contribution in [2.75, 3.05) is 7.11 Å². The number of nitrogens with one attached hydrogen (secondary N) is 1. The van der Waals surface area contributed by atoms with Crippen molar-refractivity contribution < 1.29 is 19.1 Å². The maximum absolute atomic E-state index is 12.3. The number of methoxy groups -OCH3 is 1. The number of nitrogens with zero attached hydrogens (tertiary/aromatic N) is 1. The third-order valence-electron chi connectivity index (χ3n) is 4.05. The lowest BCUT2D eigenvalue weighted by Gasteiger charge is -2.06. The van der Waals surface area contributed by atoms with Gasteiger partial charge in [-0.05, 0) is 61.0 Å². The molecule has 0 aromatic heterocycles. The summed E-state index contributed by atoms with van der Waals surface area (Å²) in [6.07, 6.45) is 1.48. The molecule has 1 N–H and O–H groups in total. The Morgan fingerprint density at radius 1 is 0.897 bits per heavy atom. The number of esters is 1. The molecule has 6 heteroatoms. The molecule has 0 saturated heterocycles. The van der Waals surface area contributed by atoms with Crippen LogP contribution in [0.1, 0.15) is 31.8 Å². The quantitative estimate of drug-likeness (QED) is 0.300. The molecule has 146 valence electrons. The molecule has 0 unspecified atom stereocenters. The van der Waals surface area contributed by atoms with E-state index in [0.29, 0.717) is 28.2 Å². The van der Waals surface area contributed by atoms with Crippen LogP contribution < -0.4 is 14.9 Å². The molecule has 0 atom stereocenters. The Morgan fingerprint density at radius 3 is 2.38 bits per heavy atom. The molecule has 0 heterocycles. The summed E-state index contributed by atoms with van der Waals surface area (Å²) in [4.78, 5) is 24.4. The van der Waals surface area contributed by atoms with E-state index >= 15 is 0 Å². The van der Waals surface area contributed by atoms with Gasteiger partial charge in [0.1, 0.15) is 11.5 Å². The van der Waals surface area contributed by atoms with Gasteiger partial charge in [-0.25, -0.2) is 10.2 Å². The molecule has 3 aromatic carbocycles. The van der Waals surface area contributed by atoms with Crippen LogP contribution in [0.4, 0.5) is 0 Å². The first kappa shape index (κ1) is 19.8. The molecular formula is C23H20N2O4. The first-order valence-electron chi connectivity index (χ1n) is 8.91. The third-order valence-corrected chi connectivity index (χ3v) is 4.05. The maximum Gasteiger partial charge on any atom is 0.343 e. The largest absolute Gasteiger partial charge is 0.497 e. The monoisotopic (exact) mass is 388 g/mol. The maximum atomic E-state index is 12.3. The highest BCUT2D eigenvalue weighted by molar-refractivity contribution is 5.95. The molecule has 0 bridgehead atoms. The summed E-state index contributed by atoms with van der Waals surface area (Å²) in [5, 5.41) is 3.97. The van der Waals surface area contributed by atoms with Crippen molar-refractivity contribution in [2.24, 2.45) is 5.10 Å². The molecule has 3 rings (SSSR count). The van der Waals surface area contributed by atoms with Gasteiger partial charge in [-0.2, -0.15) is 5.10 Å². The van der Waals surface area contributed by atoms with Gasteiger partial charge in [0.15, 0.2) is 0 Å². The highest BCUT2D eigenvalue weighted by atomic mass is 16.5. The predicted molar refractivity (Wildman–Crippen MR) is 111 cm³/mol. The lowest BCUT2D eigenvalue weighted by Crippen LogP contribution is -2.17. The molecule has 3 aromatic rings. The standard InChI is InChI=1S/C23H20N2O4/c1-16-5-3-7-19(13-16)22(26)25-24-15-17-6-4-8-21(14-17)29-23(27)18-9-11-20(28-2)12-10-18/h3-15H,1-2H3,(H,25,26)/b24-15-. The number of amides is 1. The van der Waals surface area contributed by atoms with Crippen molar-refractivity contribution in [1.29, 1.82) is 0 Å². The van der Waals surface area contributed by atoms with E-state index in [0.717, 1.165) is 5.56 Å². The fraction of sp³-hybridized carbons (Fsp3) is 0.0870. The first-order valence-corrected chi connectivity index (χ1v) is 8.91. The number of carbonyl (C=O) groups excluding carboxylic acids is 2. The molecule has 0 saturated carbocycles. The van der Waals surface area contributed by atoms with Gasteiger partial charge in [-0.3, -0.25) is 4.79 Å². The Kier molecular flexibility index (Phi) is 6.37. The topological polar surface area (TPSA) is 77.0 Å². The summed E-state index contributed by atoms with van der Waals surface area (Å²) in [6, 6.07) is 20.7. The smallest absolute Gasteiger partial charge is 0.343 e. The molecule has 0 radical (unpaired) electrons. The first-order chi connectivity index (χ1) is 14.0. The summed E-state index contributed by atoms with van der Waals surface area (Å²) in [5.41, 5.74) is 5.10. The average molecular weight is 388 g/mol. The number of hydrogen-bond donors (Lipinski definition) is 1. The minimum atomic E-state index is -0.477. The van der Waals surface area contributed by atoms with Crippen LogP contribution in [0, 0.1) is 6.92 Å². The van der Waals surface area contributed by atoms with Gasteiger partial charge in [-0.15, -0.1) is 0 Å². The zero-order chi connectivity index (χ0) is 20.6. The Bertz CT molecular complexity index is 1040. The van der Waals surface area contributed by atoms with Crippen molar-refractivity contribution in [1.82, 2.24) is 5.43 Å². The van der Waals surface area contributed by atoms with E-state index in [1.165, 1.54) is 6.21 Å². The average Bonchev–Trinajstić information content (AvgIpc) is 2.74. The molecule has 0 fully saturated rings. The Hall–Kier alpha value is -3.93. The van der Waals surface area contributed by atoms with E-state index in [2.05, 4.69) is 10.5 Å². The Labute approximate surface area is 168 Å². The fourth-order valence-electron chi connectivity index (χ4n) is 2.57. The number of aryl methyl sites for hydroxylation is 1. The number of hydrazone groups is 1. The van der Waals surface area contributed by atoms with Crippen molar-refractivity contribution in [3.8, 4) is 11.5 Å². The zero-order valence-corrected chi connectivity index (χ0v) is 16.1. The highest BCUT2D eigenvalue weighted by Crippen LogP contribution is 2.16. The summed E-state index contributed by atoms with van der Waals surface area (Å²) in [5.74, 6) is 0.258. The van der Waals surface area contributed by atoms with Crippen molar-refractivity contribution in [3.05, 3.63) is 95.1 Å². The molecule has 6 nitrogen and oxygen atoms in total. The number of hydrogen-bond acceptors (Lipinski definition) is 5. The van der Waals surface area contributed by atoms with Gasteiger partial charge < -0.3 is 9.47 Å². The van der Waals surface area contributed by atoms with Crippen molar-refractivity contribution in [2.45, 2.75) is 6.92 Å². The van der Waals surface area contributed by atoms with E-state index in [1.54, 1.807) is 67.8 Å². The van der Waals surface area contributed by atoms with Gasteiger partial charge in [0.05, 0.1) is 18.9 Å². The van der Waals surface area contributed by atoms with Crippen LogP contribution in [-0.4, -0.2) is 25.2 Å². The lowest BCUT2D eigenvalue weighted by atomic mass is 10.1. The normalized spacial score (nSPS) is 10.6. The number of benzene rings is 3. The number of rotatable bonds is 6. The van der Waals surface area contributed by atoms with E-state index < -0.39 is 5.97 Å². The molecule has 0 spiro atoms. The fourth-order valence-corrected chi connectivity index (χ4v) is 2.57. The highest BCUT2D eigenvalue weighted by Gasteiger charge is 2.09. The van der Waals surface area contributed by atoms with Crippen LogP contribution in [0.3, 0.4) is 0 Å². The molecule has 0 aliphatic rings. The lowest BCUT2D eigenvalue weighted by molar-refractivity contribution is 0.0734. The second-order valence-corrected chi connectivity index (χ2v) is 6.26. The molecule has 0 aliphatic carbocycles. The van der Waals surface area contributed by atoms with Crippen LogP contribution in [0.25, 0.3) is 0 Å². The summed E-state index contributed by atoms with van der Waals surface area (Å²) in [6.45, 7) is 1.92. The SMILES string of the molecule is COc1ccc(C(=O)Oc2cccc(/C=N\NC(=O)c3cccc(C)c3)c2)cc1. The van der Waals surface area contributed by atoms with Crippen LogP contribution in [0.2, 0.25) is 0 Å². The van der Waals surface area contributed by atoms with E-state index in [-0.39, 0.29) is 5.91 Å². The van der Waals surface area contributed by atoms with Gasteiger partial charge >= 0.3 is 5.97 Å². The molecular weight excluding hydrogens is 368 g/mol. The predicted octanol–water partition coefficient (Wildman–Crippen LogP) is 3.99. The minimum Gasteiger partial charge on any atom is -0.497 e. The molecule has 29 heavy (non-hydrogen) atoms. The molecule has 1 amide bonds. The van der Waals surface area contributed by atoms with Gasteiger partial charge in [0, 0.05) is 5.56 Å². The van der Waals surface area contributed by atoms with Gasteiger partial charge in [0.2, 0.25) is 0 Å². The van der Waals surface area contributed by atoms with Crippen LogP contribution in [-0.2, 0) is 0 Å². The summed E-state index contributed by atoms with van der Waals surface area (Å²) >= 11 is 0. The second-order valence-electron chi connectivity index (χ2n) is 6.26. The Balaban J connectivity index is 1.62. The summed E-state index contributed by atoms with van der Waals surface area (Å²) in [7, 11) is 1.56. The zero-order valence-electron chi connectivity index (χ0n) is 16.1.